The monoisotopic (exact) mass is 380 g/mol. The van der Waals surface area contributed by atoms with E-state index in [0.29, 0.717) is 5.75 Å². The number of rotatable bonds is 7. The Morgan fingerprint density at radius 2 is 1.58 bits per heavy atom. The van der Waals surface area contributed by atoms with Crippen LogP contribution in [0.3, 0.4) is 0 Å². The lowest BCUT2D eigenvalue weighted by molar-refractivity contribution is -0.127. The van der Waals surface area contributed by atoms with Gasteiger partial charge in [0.1, 0.15) is 11.6 Å². The molecule has 1 amide bonds. The summed E-state index contributed by atoms with van der Waals surface area (Å²) in [6.45, 7) is 5.30. The summed E-state index contributed by atoms with van der Waals surface area (Å²) in [6.07, 6.45) is -0.711. The van der Waals surface area contributed by atoms with E-state index in [1.54, 1.807) is 6.92 Å². The van der Waals surface area contributed by atoms with Gasteiger partial charge in [0.15, 0.2) is 6.10 Å². The molecule has 2 N–H and O–H groups in total. The van der Waals surface area contributed by atoms with Gasteiger partial charge in [-0.05, 0) is 69.3 Å². The minimum atomic E-state index is -3.81. The third-order valence-corrected chi connectivity index (χ3v) is 4.74. The maximum absolute atomic E-state index is 12.9. The molecular weight excluding hydrogens is 359 g/mol. The molecular formula is C18H21FN2O4S. The van der Waals surface area contributed by atoms with E-state index in [2.05, 4.69) is 10.0 Å². The quantitative estimate of drug-likeness (QED) is 0.774. The number of sulfonamides is 1. The molecule has 6 nitrogen and oxygen atoms in total. The summed E-state index contributed by atoms with van der Waals surface area (Å²) in [6, 6.07) is 10.7. The van der Waals surface area contributed by atoms with E-state index in [1.807, 2.05) is 13.8 Å². The highest BCUT2D eigenvalue weighted by Crippen LogP contribution is 2.20. The SMILES string of the molecule is CC(C)NC(=O)[C@H](C)Oc1ccc(S(=O)(=O)Nc2ccc(F)cc2)cc1. The van der Waals surface area contributed by atoms with Crippen LogP contribution < -0.4 is 14.8 Å². The zero-order valence-electron chi connectivity index (χ0n) is 14.7. The summed E-state index contributed by atoms with van der Waals surface area (Å²) in [5, 5.41) is 2.73. The molecule has 2 aromatic carbocycles. The van der Waals surface area contributed by atoms with Crippen LogP contribution in [0.1, 0.15) is 20.8 Å². The van der Waals surface area contributed by atoms with Crippen LogP contribution in [0.2, 0.25) is 0 Å². The molecule has 26 heavy (non-hydrogen) atoms. The second-order valence-corrected chi connectivity index (χ2v) is 7.69. The molecule has 0 bridgehead atoms. The Balaban J connectivity index is 2.05. The fraction of sp³-hybridized carbons (Fsp3) is 0.278. The first-order chi connectivity index (χ1) is 12.2. The van der Waals surface area contributed by atoms with Crippen LogP contribution in [0.15, 0.2) is 53.4 Å². The second-order valence-electron chi connectivity index (χ2n) is 6.01. The minimum Gasteiger partial charge on any atom is -0.481 e. The third-order valence-electron chi connectivity index (χ3n) is 3.34. The molecule has 0 saturated heterocycles. The van der Waals surface area contributed by atoms with Gasteiger partial charge < -0.3 is 10.1 Å². The Kier molecular flexibility index (Phi) is 6.20. The van der Waals surface area contributed by atoms with Gasteiger partial charge in [-0.15, -0.1) is 0 Å². The predicted molar refractivity (Wildman–Crippen MR) is 97.0 cm³/mol. The van der Waals surface area contributed by atoms with Crippen LogP contribution in [-0.4, -0.2) is 26.5 Å². The number of hydrogen-bond acceptors (Lipinski definition) is 4. The van der Waals surface area contributed by atoms with Gasteiger partial charge in [-0.2, -0.15) is 0 Å². The van der Waals surface area contributed by atoms with Crippen molar-refractivity contribution < 1.29 is 22.3 Å². The molecule has 0 heterocycles. The summed E-state index contributed by atoms with van der Waals surface area (Å²) in [4.78, 5) is 11.9. The van der Waals surface area contributed by atoms with Crippen LogP contribution in [0.4, 0.5) is 10.1 Å². The van der Waals surface area contributed by atoms with E-state index in [0.717, 1.165) is 0 Å². The summed E-state index contributed by atoms with van der Waals surface area (Å²) in [5.41, 5.74) is 0.255. The molecule has 0 unspecified atom stereocenters. The average Bonchev–Trinajstić information content (AvgIpc) is 2.56. The fourth-order valence-corrected chi connectivity index (χ4v) is 3.15. The van der Waals surface area contributed by atoms with Crippen LogP contribution in [0.5, 0.6) is 5.75 Å². The van der Waals surface area contributed by atoms with Gasteiger partial charge in [0.25, 0.3) is 15.9 Å². The van der Waals surface area contributed by atoms with E-state index in [9.17, 15) is 17.6 Å². The molecule has 2 rings (SSSR count). The van der Waals surface area contributed by atoms with E-state index in [4.69, 9.17) is 4.74 Å². The number of carbonyl (C=O) groups is 1. The summed E-state index contributed by atoms with van der Waals surface area (Å²) >= 11 is 0. The summed E-state index contributed by atoms with van der Waals surface area (Å²) in [7, 11) is -3.81. The smallest absolute Gasteiger partial charge is 0.261 e. The number of ether oxygens (including phenoxy) is 1. The largest absolute Gasteiger partial charge is 0.481 e. The number of benzene rings is 2. The second kappa shape index (κ2) is 8.18. The number of amides is 1. The van der Waals surface area contributed by atoms with Crippen LogP contribution in [0, 0.1) is 5.82 Å². The van der Waals surface area contributed by atoms with Gasteiger partial charge in [-0.1, -0.05) is 0 Å². The van der Waals surface area contributed by atoms with Crippen molar-refractivity contribution in [3.63, 3.8) is 0 Å². The van der Waals surface area contributed by atoms with Crippen molar-refractivity contribution in [1.29, 1.82) is 0 Å². The normalized spacial score (nSPS) is 12.5. The number of hydrogen-bond donors (Lipinski definition) is 2. The molecule has 0 aromatic heterocycles. The van der Waals surface area contributed by atoms with Gasteiger partial charge in [0.05, 0.1) is 4.90 Å². The predicted octanol–water partition coefficient (Wildman–Crippen LogP) is 2.92. The molecule has 0 fully saturated rings. The van der Waals surface area contributed by atoms with E-state index in [1.165, 1.54) is 48.5 Å². The van der Waals surface area contributed by atoms with Crippen molar-refractivity contribution in [3.05, 3.63) is 54.3 Å². The van der Waals surface area contributed by atoms with E-state index >= 15 is 0 Å². The third kappa shape index (κ3) is 5.45. The Bertz CT molecular complexity index is 850. The minimum absolute atomic E-state index is 0.00129. The van der Waals surface area contributed by atoms with Gasteiger partial charge in [-0.25, -0.2) is 12.8 Å². The molecule has 0 aliphatic carbocycles. The molecule has 0 saturated carbocycles. The van der Waals surface area contributed by atoms with Gasteiger partial charge in [-0.3, -0.25) is 9.52 Å². The van der Waals surface area contributed by atoms with Crippen molar-refractivity contribution in [2.45, 2.75) is 37.8 Å². The van der Waals surface area contributed by atoms with Crippen molar-refractivity contribution in [2.24, 2.45) is 0 Å². The molecule has 0 aliphatic rings. The molecule has 0 radical (unpaired) electrons. The standard InChI is InChI=1S/C18H21FN2O4S/c1-12(2)20-18(22)13(3)25-16-8-10-17(11-9-16)26(23,24)21-15-6-4-14(19)5-7-15/h4-13,21H,1-3H3,(H,20,22)/t13-/m0/s1. The average molecular weight is 380 g/mol. The Morgan fingerprint density at radius 1 is 1.00 bits per heavy atom. The van der Waals surface area contributed by atoms with Crippen molar-refractivity contribution in [2.75, 3.05) is 4.72 Å². The lowest BCUT2D eigenvalue weighted by Crippen LogP contribution is -2.40. The number of carbonyl (C=O) groups excluding carboxylic acids is 1. The Hall–Kier alpha value is -2.61. The van der Waals surface area contributed by atoms with Crippen molar-refractivity contribution in [1.82, 2.24) is 5.32 Å². The lowest BCUT2D eigenvalue weighted by Gasteiger charge is -2.16. The highest BCUT2D eigenvalue weighted by Gasteiger charge is 2.17. The van der Waals surface area contributed by atoms with Crippen LogP contribution >= 0.6 is 0 Å². The Labute approximate surface area is 152 Å². The summed E-state index contributed by atoms with van der Waals surface area (Å²) < 4.78 is 45.4. The maximum Gasteiger partial charge on any atom is 0.261 e. The molecule has 1 atom stereocenters. The topological polar surface area (TPSA) is 84.5 Å². The first-order valence-corrected chi connectivity index (χ1v) is 9.51. The van der Waals surface area contributed by atoms with Crippen LogP contribution in [-0.2, 0) is 14.8 Å². The summed E-state index contributed by atoms with van der Waals surface area (Å²) in [5.74, 6) is -0.336. The first-order valence-electron chi connectivity index (χ1n) is 8.03. The maximum atomic E-state index is 12.9. The van der Waals surface area contributed by atoms with E-state index in [-0.39, 0.29) is 22.5 Å². The highest BCUT2D eigenvalue weighted by atomic mass is 32.2. The number of nitrogens with one attached hydrogen (secondary N) is 2. The highest BCUT2D eigenvalue weighted by molar-refractivity contribution is 7.92. The molecule has 8 heteroatoms. The molecule has 0 spiro atoms. The molecule has 0 aliphatic heterocycles. The first kappa shape index (κ1) is 19.7. The van der Waals surface area contributed by atoms with Crippen molar-refractivity contribution >= 4 is 21.6 Å². The molecule has 2 aromatic rings. The van der Waals surface area contributed by atoms with Gasteiger partial charge in [0, 0.05) is 11.7 Å². The Morgan fingerprint density at radius 3 is 2.12 bits per heavy atom. The number of anilines is 1. The van der Waals surface area contributed by atoms with Crippen molar-refractivity contribution in [3.8, 4) is 5.75 Å². The zero-order valence-corrected chi connectivity index (χ0v) is 15.5. The zero-order chi connectivity index (χ0) is 19.3. The van der Waals surface area contributed by atoms with E-state index < -0.39 is 21.9 Å². The van der Waals surface area contributed by atoms with Gasteiger partial charge in [0.2, 0.25) is 0 Å². The lowest BCUT2D eigenvalue weighted by atomic mass is 10.3. The molecule has 140 valence electrons. The van der Waals surface area contributed by atoms with Gasteiger partial charge >= 0.3 is 0 Å². The number of halogens is 1. The van der Waals surface area contributed by atoms with Crippen LogP contribution in [0.25, 0.3) is 0 Å². The fourth-order valence-electron chi connectivity index (χ4n) is 2.09.